The highest BCUT2D eigenvalue weighted by molar-refractivity contribution is 5.21. The third-order valence-corrected chi connectivity index (χ3v) is 3.60. The Hall–Kier alpha value is -1.07. The zero-order valence-corrected chi connectivity index (χ0v) is 11.0. The standard InChI is InChI=1S/C14H19F3N2/c1-18-9-11-7-8-19(10-11)13(14(15,16)17)12-5-3-2-4-6-12/h2-6,11,13,18H,7-10H2,1H3. The Bertz CT molecular complexity index is 391. The van der Waals surface area contributed by atoms with Crippen molar-refractivity contribution in [1.29, 1.82) is 0 Å². The highest BCUT2D eigenvalue weighted by Gasteiger charge is 2.46. The van der Waals surface area contributed by atoms with Gasteiger partial charge >= 0.3 is 6.18 Å². The summed E-state index contributed by atoms with van der Waals surface area (Å²) in [4.78, 5) is 1.55. The molecular weight excluding hydrogens is 253 g/mol. The predicted octanol–water partition coefficient (Wildman–Crippen LogP) is 2.83. The molecule has 0 bridgehead atoms. The van der Waals surface area contributed by atoms with Crippen LogP contribution in [0.2, 0.25) is 0 Å². The molecule has 1 N–H and O–H groups in total. The molecule has 0 amide bonds. The molecule has 19 heavy (non-hydrogen) atoms. The largest absolute Gasteiger partial charge is 0.408 e. The first kappa shape index (κ1) is 14.3. The number of hydrogen-bond donors (Lipinski definition) is 1. The van der Waals surface area contributed by atoms with Gasteiger partial charge in [0.05, 0.1) is 0 Å². The van der Waals surface area contributed by atoms with Crippen molar-refractivity contribution < 1.29 is 13.2 Å². The molecule has 1 aromatic rings. The lowest BCUT2D eigenvalue weighted by atomic mass is 10.1. The van der Waals surface area contributed by atoms with E-state index in [0.717, 1.165) is 13.0 Å². The summed E-state index contributed by atoms with van der Waals surface area (Å²) in [6, 6.07) is 6.71. The maximum absolute atomic E-state index is 13.3. The van der Waals surface area contributed by atoms with E-state index < -0.39 is 12.2 Å². The monoisotopic (exact) mass is 272 g/mol. The summed E-state index contributed by atoms with van der Waals surface area (Å²) in [5, 5.41) is 3.04. The van der Waals surface area contributed by atoms with E-state index in [2.05, 4.69) is 5.32 Å². The van der Waals surface area contributed by atoms with Gasteiger partial charge in [-0.2, -0.15) is 13.2 Å². The van der Waals surface area contributed by atoms with Crippen LogP contribution in [-0.2, 0) is 0 Å². The molecule has 0 aliphatic carbocycles. The molecule has 0 saturated carbocycles. The number of rotatable bonds is 4. The minimum absolute atomic E-state index is 0.304. The molecule has 1 heterocycles. The Kier molecular flexibility index (Phi) is 4.47. The van der Waals surface area contributed by atoms with E-state index in [1.54, 1.807) is 35.2 Å². The van der Waals surface area contributed by atoms with E-state index in [9.17, 15) is 13.2 Å². The molecule has 1 aliphatic heterocycles. The van der Waals surface area contributed by atoms with Gasteiger partial charge in [-0.1, -0.05) is 30.3 Å². The Labute approximate surface area is 111 Å². The lowest BCUT2D eigenvalue weighted by Crippen LogP contribution is -2.37. The van der Waals surface area contributed by atoms with Gasteiger partial charge in [-0.3, -0.25) is 4.90 Å². The summed E-state index contributed by atoms with van der Waals surface area (Å²) >= 11 is 0. The van der Waals surface area contributed by atoms with Gasteiger partial charge < -0.3 is 5.32 Å². The van der Waals surface area contributed by atoms with Gasteiger partial charge in [0.1, 0.15) is 6.04 Å². The summed E-state index contributed by atoms with van der Waals surface area (Å²) < 4.78 is 39.9. The molecule has 1 fully saturated rings. The fourth-order valence-corrected chi connectivity index (χ4v) is 2.79. The van der Waals surface area contributed by atoms with Crippen molar-refractivity contribution >= 4 is 0 Å². The molecule has 1 aromatic carbocycles. The Balaban J connectivity index is 2.16. The van der Waals surface area contributed by atoms with Crippen LogP contribution in [0.5, 0.6) is 0 Å². The quantitative estimate of drug-likeness (QED) is 0.906. The average Bonchev–Trinajstić information content (AvgIpc) is 2.77. The van der Waals surface area contributed by atoms with Crippen molar-refractivity contribution in [3.05, 3.63) is 35.9 Å². The zero-order valence-electron chi connectivity index (χ0n) is 11.0. The van der Waals surface area contributed by atoms with Gasteiger partial charge in [0.25, 0.3) is 0 Å². The van der Waals surface area contributed by atoms with Crippen LogP contribution < -0.4 is 5.32 Å². The third kappa shape index (κ3) is 3.48. The van der Waals surface area contributed by atoms with Crippen LogP contribution in [0.3, 0.4) is 0 Å². The lowest BCUT2D eigenvalue weighted by molar-refractivity contribution is -0.184. The van der Waals surface area contributed by atoms with Crippen LogP contribution in [-0.4, -0.2) is 37.8 Å². The number of hydrogen-bond acceptors (Lipinski definition) is 2. The number of benzene rings is 1. The van der Waals surface area contributed by atoms with Crippen molar-refractivity contribution in [2.24, 2.45) is 5.92 Å². The van der Waals surface area contributed by atoms with Crippen LogP contribution in [0, 0.1) is 5.92 Å². The second kappa shape index (κ2) is 5.92. The molecule has 2 unspecified atom stereocenters. The molecule has 0 aromatic heterocycles. The minimum Gasteiger partial charge on any atom is -0.319 e. The van der Waals surface area contributed by atoms with Gasteiger partial charge in [-0.25, -0.2) is 0 Å². The Morgan fingerprint density at radius 3 is 2.58 bits per heavy atom. The summed E-state index contributed by atoms with van der Waals surface area (Å²) in [7, 11) is 1.83. The lowest BCUT2D eigenvalue weighted by Gasteiger charge is -2.30. The van der Waals surface area contributed by atoms with Gasteiger partial charge in [0, 0.05) is 6.54 Å². The second-order valence-electron chi connectivity index (χ2n) is 5.06. The number of nitrogens with zero attached hydrogens (tertiary/aromatic N) is 1. The SMILES string of the molecule is CNCC1CCN(C(c2ccccc2)C(F)(F)F)C1. The van der Waals surface area contributed by atoms with Gasteiger partial charge in [0.15, 0.2) is 0 Å². The van der Waals surface area contributed by atoms with Crippen molar-refractivity contribution in [2.75, 3.05) is 26.7 Å². The number of likely N-dealkylation sites (tertiary alicyclic amines) is 1. The molecule has 106 valence electrons. The van der Waals surface area contributed by atoms with E-state index in [1.165, 1.54) is 0 Å². The minimum atomic E-state index is -4.23. The van der Waals surface area contributed by atoms with Crippen molar-refractivity contribution in [1.82, 2.24) is 10.2 Å². The number of alkyl halides is 3. The van der Waals surface area contributed by atoms with E-state index >= 15 is 0 Å². The van der Waals surface area contributed by atoms with Crippen LogP contribution in [0.25, 0.3) is 0 Å². The molecule has 2 atom stereocenters. The van der Waals surface area contributed by atoms with E-state index in [1.807, 2.05) is 7.05 Å². The molecule has 0 spiro atoms. The van der Waals surface area contributed by atoms with E-state index in [4.69, 9.17) is 0 Å². The molecule has 1 saturated heterocycles. The fraction of sp³-hybridized carbons (Fsp3) is 0.571. The summed E-state index contributed by atoms with van der Waals surface area (Å²) in [6.07, 6.45) is -3.41. The Morgan fingerprint density at radius 2 is 2.00 bits per heavy atom. The van der Waals surface area contributed by atoms with Crippen LogP contribution >= 0.6 is 0 Å². The maximum Gasteiger partial charge on any atom is 0.408 e. The van der Waals surface area contributed by atoms with Crippen molar-refractivity contribution in [2.45, 2.75) is 18.6 Å². The average molecular weight is 272 g/mol. The fourth-order valence-electron chi connectivity index (χ4n) is 2.79. The van der Waals surface area contributed by atoms with Gasteiger partial charge in [-0.05, 0) is 38.0 Å². The number of nitrogens with one attached hydrogen (secondary N) is 1. The summed E-state index contributed by atoms with van der Waals surface area (Å²) in [6.45, 7) is 1.78. The van der Waals surface area contributed by atoms with Crippen LogP contribution in [0.15, 0.2) is 30.3 Å². The van der Waals surface area contributed by atoms with E-state index in [-0.39, 0.29) is 0 Å². The molecule has 1 aliphatic rings. The summed E-state index contributed by atoms with van der Waals surface area (Å²) in [5.74, 6) is 0.304. The van der Waals surface area contributed by atoms with E-state index in [0.29, 0.717) is 24.6 Å². The molecule has 2 rings (SSSR count). The Morgan fingerprint density at radius 1 is 1.32 bits per heavy atom. The highest BCUT2D eigenvalue weighted by Crippen LogP contribution is 2.40. The normalized spacial score (nSPS) is 22.6. The van der Waals surface area contributed by atoms with Crippen molar-refractivity contribution in [3.63, 3.8) is 0 Å². The third-order valence-electron chi connectivity index (χ3n) is 3.60. The highest BCUT2D eigenvalue weighted by atomic mass is 19.4. The smallest absolute Gasteiger partial charge is 0.319 e. The first-order valence-corrected chi connectivity index (χ1v) is 6.52. The first-order chi connectivity index (χ1) is 9.02. The van der Waals surface area contributed by atoms with Crippen LogP contribution in [0.1, 0.15) is 18.0 Å². The van der Waals surface area contributed by atoms with Gasteiger partial charge in [0.2, 0.25) is 0 Å². The van der Waals surface area contributed by atoms with Crippen LogP contribution in [0.4, 0.5) is 13.2 Å². The molecule has 5 heteroatoms. The molecular formula is C14H19F3N2. The zero-order chi connectivity index (χ0) is 13.9. The predicted molar refractivity (Wildman–Crippen MR) is 68.8 cm³/mol. The first-order valence-electron chi connectivity index (χ1n) is 6.52. The molecule has 2 nitrogen and oxygen atoms in total. The molecule has 0 radical (unpaired) electrons. The second-order valence-corrected chi connectivity index (χ2v) is 5.06. The summed E-state index contributed by atoms with van der Waals surface area (Å²) in [5.41, 5.74) is 0.333. The number of halogens is 3. The maximum atomic E-state index is 13.3. The van der Waals surface area contributed by atoms with Crippen molar-refractivity contribution in [3.8, 4) is 0 Å². The van der Waals surface area contributed by atoms with Gasteiger partial charge in [-0.15, -0.1) is 0 Å². The topological polar surface area (TPSA) is 15.3 Å².